The van der Waals surface area contributed by atoms with Crippen LogP contribution < -0.4 is 0 Å². The van der Waals surface area contributed by atoms with Crippen molar-refractivity contribution < 1.29 is 23.8 Å². The Kier molecular flexibility index (Phi) is 24.7. The van der Waals surface area contributed by atoms with E-state index in [1.807, 2.05) is 0 Å². The molecule has 196 valence electrons. The molecular formula is C28H54O5. The lowest BCUT2D eigenvalue weighted by atomic mass is 9.95. The topological polar surface area (TPSA) is 61.8 Å². The highest BCUT2D eigenvalue weighted by atomic mass is 16.5. The van der Waals surface area contributed by atoms with Crippen LogP contribution >= 0.6 is 0 Å². The van der Waals surface area contributed by atoms with Crippen LogP contribution in [0.4, 0.5) is 0 Å². The fourth-order valence-corrected chi connectivity index (χ4v) is 4.02. The number of ether oxygens (including phenoxy) is 3. The summed E-state index contributed by atoms with van der Waals surface area (Å²) < 4.78 is 16.0. The van der Waals surface area contributed by atoms with Crippen molar-refractivity contribution in [3.63, 3.8) is 0 Å². The Morgan fingerprint density at radius 2 is 1.03 bits per heavy atom. The smallest absolute Gasteiger partial charge is 0.305 e. The van der Waals surface area contributed by atoms with Crippen molar-refractivity contribution in [2.24, 2.45) is 5.92 Å². The fraction of sp³-hybridized carbons (Fsp3) is 0.929. The zero-order chi connectivity index (χ0) is 24.4. The first-order valence-corrected chi connectivity index (χ1v) is 13.9. The summed E-state index contributed by atoms with van der Waals surface area (Å²) >= 11 is 0. The van der Waals surface area contributed by atoms with Crippen LogP contribution in [-0.2, 0) is 23.8 Å². The third-order valence-electron chi connectivity index (χ3n) is 6.26. The van der Waals surface area contributed by atoms with Gasteiger partial charge in [0.05, 0.1) is 13.2 Å². The van der Waals surface area contributed by atoms with E-state index in [0.29, 0.717) is 32.0 Å². The summed E-state index contributed by atoms with van der Waals surface area (Å²) in [6.45, 7) is 6.27. The molecule has 0 radical (unpaired) electrons. The van der Waals surface area contributed by atoms with Gasteiger partial charge in [-0.25, -0.2) is 0 Å². The Balaban J connectivity index is 3.62. The fourth-order valence-electron chi connectivity index (χ4n) is 4.02. The molecule has 0 heterocycles. The number of carbonyl (C=O) groups excluding carboxylic acids is 2. The Morgan fingerprint density at radius 1 is 0.545 bits per heavy atom. The molecule has 0 aromatic carbocycles. The first-order valence-electron chi connectivity index (χ1n) is 13.9. The third-order valence-corrected chi connectivity index (χ3v) is 6.26. The average molecular weight is 471 g/mol. The summed E-state index contributed by atoms with van der Waals surface area (Å²) in [5.41, 5.74) is 0. The lowest BCUT2D eigenvalue weighted by Gasteiger charge is -2.16. The van der Waals surface area contributed by atoms with E-state index in [9.17, 15) is 9.59 Å². The molecule has 0 aromatic rings. The van der Waals surface area contributed by atoms with Gasteiger partial charge >= 0.3 is 11.9 Å². The van der Waals surface area contributed by atoms with Crippen molar-refractivity contribution in [2.45, 2.75) is 136 Å². The zero-order valence-corrected chi connectivity index (χ0v) is 22.2. The summed E-state index contributed by atoms with van der Waals surface area (Å²) in [7, 11) is 1.74. The molecule has 1 unspecified atom stereocenters. The van der Waals surface area contributed by atoms with Crippen LogP contribution in [0.5, 0.6) is 0 Å². The summed E-state index contributed by atoms with van der Waals surface area (Å²) in [4.78, 5) is 23.8. The summed E-state index contributed by atoms with van der Waals surface area (Å²) in [6.07, 6.45) is 20.1. The minimum Gasteiger partial charge on any atom is -0.466 e. The Labute approximate surface area is 204 Å². The van der Waals surface area contributed by atoms with Crippen molar-refractivity contribution in [1.29, 1.82) is 0 Å². The van der Waals surface area contributed by atoms with E-state index in [-0.39, 0.29) is 11.9 Å². The van der Waals surface area contributed by atoms with Gasteiger partial charge in [-0.1, -0.05) is 90.9 Å². The van der Waals surface area contributed by atoms with Gasteiger partial charge < -0.3 is 14.2 Å². The van der Waals surface area contributed by atoms with E-state index in [1.54, 1.807) is 7.11 Å². The van der Waals surface area contributed by atoms with Gasteiger partial charge in [-0.15, -0.1) is 0 Å². The van der Waals surface area contributed by atoms with Crippen molar-refractivity contribution >= 4 is 11.9 Å². The van der Waals surface area contributed by atoms with Crippen LogP contribution in [0.1, 0.15) is 136 Å². The molecule has 0 bridgehead atoms. The van der Waals surface area contributed by atoms with Crippen molar-refractivity contribution in [1.82, 2.24) is 0 Å². The first kappa shape index (κ1) is 31.9. The number of hydrogen-bond acceptors (Lipinski definition) is 5. The molecule has 5 nitrogen and oxygen atoms in total. The molecule has 0 rings (SSSR count). The number of hydrogen-bond donors (Lipinski definition) is 0. The van der Waals surface area contributed by atoms with Gasteiger partial charge in [-0.3, -0.25) is 9.59 Å². The molecule has 5 heteroatoms. The maximum Gasteiger partial charge on any atom is 0.305 e. The standard InChI is InChI=1S/C28H54O5/c1-4-6-8-10-11-12-17-23-32-27(29)19-15-13-16-20-28(30)33-25-22-26(21-24-31-3)18-14-9-7-5-2/h26H,4-25H2,1-3H3. The second kappa shape index (κ2) is 25.5. The predicted octanol–water partition coefficient (Wildman–Crippen LogP) is 7.79. The highest BCUT2D eigenvalue weighted by molar-refractivity contribution is 5.69. The van der Waals surface area contributed by atoms with Crippen LogP contribution in [-0.4, -0.2) is 38.9 Å². The normalized spacial score (nSPS) is 12.0. The van der Waals surface area contributed by atoms with E-state index < -0.39 is 0 Å². The molecule has 0 saturated heterocycles. The van der Waals surface area contributed by atoms with Gasteiger partial charge in [-0.2, -0.15) is 0 Å². The largest absolute Gasteiger partial charge is 0.466 e. The molecule has 0 saturated carbocycles. The van der Waals surface area contributed by atoms with Crippen molar-refractivity contribution in [2.75, 3.05) is 26.9 Å². The van der Waals surface area contributed by atoms with Gasteiger partial charge in [0.1, 0.15) is 0 Å². The number of rotatable bonds is 25. The maximum atomic E-state index is 12.0. The molecule has 0 aromatic heterocycles. The van der Waals surface area contributed by atoms with E-state index in [2.05, 4.69) is 13.8 Å². The van der Waals surface area contributed by atoms with Crippen LogP contribution in [0.3, 0.4) is 0 Å². The number of carbonyl (C=O) groups is 2. The maximum absolute atomic E-state index is 12.0. The molecule has 0 spiro atoms. The minimum absolute atomic E-state index is 0.107. The molecular weight excluding hydrogens is 416 g/mol. The predicted molar refractivity (Wildman–Crippen MR) is 136 cm³/mol. The van der Waals surface area contributed by atoms with Gasteiger partial charge in [-0.05, 0) is 38.0 Å². The van der Waals surface area contributed by atoms with E-state index >= 15 is 0 Å². The molecule has 0 fully saturated rings. The summed E-state index contributed by atoms with van der Waals surface area (Å²) in [5.74, 6) is 0.347. The second-order valence-electron chi connectivity index (χ2n) is 9.41. The molecule has 33 heavy (non-hydrogen) atoms. The first-order chi connectivity index (χ1) is 16.1. The number of esters is 2. The zero-order valence-electron chi connectivity index (χ0n) is 22.2. The van der Waals surface area contributed by atoms with Gasteiger partial charge in [0.2, 0.25) is 0 Å². The van der Waals surface area contributed by atoms with Gasteiger partial charge in [0.15, 0.2) is 0 Å². The van der Waals surface area contributed by atoms with Gasteiger partial charge in [0, 0.05) is 26.6 Å². The minimum atomic E-state index is -0.118. The van der Waals surface area contributed by atoms with Crippen LogP contribution in [0.15, 0.2) is 0 Å². The SMILES string of the molecule is CCCCCCCCCOC(=O)CCCCCC(=O)OCCC(CCCCCC)CCOC. The van der Waals surface area contributed by atoms with Crippen molar-refractivity contribution in [3.8, 4) is 0 Å². The van der Waals surface area contributed by atoms with Crippen LogP contribution in [0.25, 0.3) is 0 Å². The number of methoxy groups -OCH3 is 1. The van der Waals surface area contributed by atoms with Crippen LogP contribution in [0, 0.1) is 5.92 Å². The molecule has 1 atom stereocenters. The Bertz CT molecular complexity index is 438. The quantitative estimate of drug-likeness (QED) is 0.101. The average Bonchev–Trinajstić information content (AvgIpc) is 2.81. The van der Waals surface area contributed by atoms with E-state index in [1.165, 1.54) is 64.2 Å². The van der Waals surface area contributed by atoms with E-state index in [4.69, 9.17) is 14.2 Å². The van der Waals surface area contributed by atoms with Crippen molar-refractivity contribution in [3.05, 3.63) is 0 Å². The monoisotopic (exact) mass is 470 g/mol. The lowest BCUT2D eigenvalue weighted by molar-refractivity contribution is -0.144. The van der Waals surface area contributed by atoms with E-state index in [0.717, 1.165) is 51.6 Å². The van der Waals surface area contributed by atoms with Gasteiger partial charge in [0.25, 0.3) is 0 Å². The highest BCUT2D eigenvalue weighted by Crippen LogP contribution is 2.18. The molecule has 0 aliphatic rings. The summed E-state index contributed by atoms with van der Waals surface area (Å²) in [5, 5.41) is 0. The number of unbranched alkanes of at least 4 members (excludes halogenated alkanes) is 11. The van der Waals surface area contributed by atoms with Crippen LogP contribution in [0.2, 0.25) is 0 Å². The third kappa shape index (κ3) is 23.8. The molecule has 0 N–H and O–H groups in total. The second-order valence-corrected chi connectivity index (χ2v) is 9.41. The molecule has 0 aliphatic carbocycles. The Morgan fingerprint density at radius 3 is 1.64 bits per heavy atom. The Hall–Kier alpha value is -1.10. The highest BCUT2D eigenvalue weighted by Gasteiger charge is 2.11. The molecule has 0 amide bonds. The lowest BCUT2D eigenvalue weighted by Crippen LogP contribution is -2.12. The molecule has 0 aliphatic heterocycles. The summed E-state index contributed by atoms with van der Waals surface area (Å²) in [6, 6.07) is 0.